The van der Waals surface area contributed by atoms with Crippen molar-refractivity contribution in [3.63, 3.8) is 0 Å². The van der Waals surface area contributed by atoms with E-state index in [2.05, 4.69) is 4.72 Å². The highest BCUT2D eigenvalue weighted by Crippen LogP contribution is 2.28. The van der Waals surface area contributed by atoms with Gasteiger partial charge in [-0.15, -0.1) is 0 Å². The Labute approximate surface area is 141 Å². The van der Waals surface area contributed by atoms with Crippen LogP contribution in [-0.4, -0.2) is 49.6 Å². The van der Waals surface area contributed by atoms with E-state index in [1.807, 2.05) is 17.9 Å². The zero-order valence-electron chi connectivity index (χ0n) is 13.7. The second-order valence-electron chi connectivity index (χ2n) is 5.96. The molecule has 1 saturated carbocycles. The molecule has 1 aromatic carbocycles. The molecule has 0 saturated heterocycles. The summed E-state index contributed by atoms with van der Waals surface area (Å²) >= 11 is 0. The van der Waals surface area contributed by atoms with Gasteiger partial charge in [-0.1, -0.05) is 19.1 Å². The van der Waals surface area contributed by atoms with Crippen LogP contribution in [0.2, 0.25) is 0 Å². The number of nitriles is 1. The first-order valence-electron chi connectivity index (χ1n) is 7.76. The Morgan fingerprint density at radius 3 is 2.67 bits per heavy atom. The van der Waals surface area contributed by atoms with E-state index < -0.39 is 16.0 Å². The van der Waals surface area contributed by atoms with Crippen LogP contribution in [0.1, 0.15) is 30.9 Å². The number of carbonyl (C=O) groups is 1. The van der Waals surface area contributed by atoms with Gasteiger partial charge in [-0.3, -0.25) is 9.69 Å². The number of rotatable bonds is 7. The van der Waals surface area contributed by atoms with E-state index >= 15 is 0 Å². The van der Waals surface area contributed by atoms with Crippen molar-refractivity contribution >= 4 is 16.0 Å². The van der Waals surface area contributed by atoms with Crippen molar-refractivity contribution in [3.8, 4) is 6.07 Å². The molecule has 1 aliphatic carbocycles. The number of sulfonamides is 1. The summed E-state index contributed by atoms with van der Waals surface area (Å²) in [5.74, 6) is -0.890. The maximum atomic E-state index is 12.5. The van der Waals surface area contributed by atoms with Crippen molar-refractivity contribution in [2.24, 2.45) is 0 Å². The van der Waals surface area contributed by atoms with Crippen LogP contribution in [0.3, 0.4) is 0 Å². The maximum absolute atomic E-state index is 12.5. The fourth-order valence-electron chi connectivity index (χ4n) is 2.95. The number of nitrogens with zero attached hydrogens (tertiary/aromatic N) is 2. The number of hydrogen-bond donors (Lipinski definition) is 2. The minimum Gasteiger partial charge on any atom is -0.480 e. The monoisotopic (exact) mass is 351 g/mol. The van der Waals surface area contributed by atoms with Gasteiger partial charge in [-0.05, 0) is 37.9 Å². The summed E-state index contributed by atoms with van der Waals surface area (Å²) in [5, 5.41) is 18.1. The summed E-state index contributed by atoms with van der Waals surface area (Å²) in [4.78, 5) is 12.6. The fraction of sp³-hybridized carbons (Fsp3) is 0.500. The topological polar surface area (TPSA) is 110 Å². The first-order chi connectivity index (χ1) is 11.3. The van der Waals surface area contributed by atoms with Crippen LogP contribution in [0.15, 0.2) is 23.1 Å². The van der Waals surface area contributed by atoms with E-state index in [0.717, 1.165) is 0 Å². The number of aryl methyl sites for hydroxylation is 1. The Morgan fingerprint density at radius 2 is 2.12 bits per heavy atom. The van der Waals surface area contributed by atoms with E-state index in [-0.39, 0.29) is 29.1 Å². The molecule has 0 atom stereocenters. The molecule has 1 fully saturated rings. The highest BCUT2D eigenvalue weighted by molar-refractivity contribution is 7.89. The minimum absolute atomic E-state index is 0.00802. The summed E-state index contributed by atoms with van der Waals surface area (Å²) in [6.45, 7) is 4.14. The lowest BCUT2D eigenvalue weighted by molar-refractivity contribution is -0.139. The predicted molar refractivity (Wildman–Crippen MR) is 87.9 cm³/mol. The van der Waals surface area contributed by atoms with Crippen molar-refractivity contribution in [1.29, 1.82) is 5.26 Å². The second-order valence-corrected chi connectivity index (χ2v) is 7.64. The lowest BCUT2D eigenvalue weighted by Gasteiger charge is -2.42. The molecule has 24 heavy (non-hydrogen) atoms. The third-order valence-corrected chi connectivity index (χ3v) is 5.89. The Balaban J connectivity index is 2.05. The van der Waals surface area contributed by atoms with Crippen molar-refractivity contribution < 1.29 is 18.3 Å². The highest BCUT2D eigenvalue weighted by atomic mass is 32.2. The van der Waals surface area contributed by atoms with Gasteiger partial charge in [0.25, 0.3) is 0 Å². The van der Waals surface area contributed by atoms with Gasteiger partial charge in [0.2, 0.25) is 10.0 Å². The molecule has 0 radical (unpaired) electrons. The van der Waals surface area contributed by atoms with Gasteiger partial charge < -0.3 is 5.11 Å². The van der Waals surface area contributed by atoms with Gasteiger partial charge in [-0.2, -0.15) is 5.26 Å². The smallest absolute Gasteiger partial charge is 0.317 e. The van der Waals surface area contributed by atoms with E-state index in [1.54, 1.807) is 19.1 Å². The number of nitrogens with one attached hydrogen (secondary N) is 1. The van der Waals surface area contributed by atoms with Crippen LogP contribution in [0.25, 0.3) is 0 Å². The summed E-state index contributed by atoms with van der Waals surface area (Å²) < 4.78 is 27.7. The van der Waals surface area contributed by atoms with Crippen LogP contribution in [-0.2, 0) is 14.8 Å². The van der Waals surface area contributed by atoms with Gasteiger partial charge in [0.15, 0.2) is 0 Å². The van der Waals surface area contributed by atoms with Gasteiger partial charge in [0, 0.05) is 12.1 Å². The number of carboxylic acids is 1. The third kappa shape index (κ3) is 3.93. The van der Waals surface area contributed by atoms with E-state index in [1.165, 1.54) is 6.07 Å². The Hall–Kier alpha value is -1.95. The summed E-state index contributed by atoms with van der Waals surface area (Å²) in [6, 6.07) is 6.50. The quantitative estimate of drug-likeness (QED) is 0.760. The van der Waals surface area contributed by atoms with Crippen LogP contribution in [0.4, 0.5) is 0 Å². The molecular formula is C16H21N3O4S. The normalized spacial score (nSPS) is 20.4. The molecule has 0 spiro atoms. The minimum atomic E-state index is -3.77. The van der Waals surface area contributed by atoms with E-state index in [0.29, 0.717) is 24.9 Å². The predicted octanol–water partition coefficient (Wildman–Crippen LogP) is 1.08. The fourth-order valence-corrected chi connectivity index (χ4v) is 4.44. The molecule has 0 aliphatic heterocycles. The molecule has 8 heteroatoms. The van der Waals surface area contributed by atoms with Gasteiger partial charge in [0.05, 0.1) is 12.1 Å². The Bertz CT molecular complexity index is 764. The largest absolute Gasteiger partial charge is 0.480 e. The average molecular weight is 351 g/mol. The Kier molecular flexibility index (Phi) is 5.59. The van der Waals surface area contributed by atoms with Crippen molar-refractivity contribution in [3.05, 3.63) is 29.3 Å². The summed E-state index contributed by atoms with van der Waals surface area (Å²) in [7, 11) is -3.77. The number of benzene rings is 1. The summed E-state index contributed by atoms with van der Waals surface area (Å²) in [5.41, 5.74) is 0.771. The van der Waals surface area contributed by atoms with Crippen LogP contribution >= 0.6 is 0 Å². The van der Waals surface area contributed by atoms with Crippen molar-refractivity contribution in [2.45, 2.75) is 43.7 Å². The molecule has 2 N–H and O–H groups in total. The molecule has 2 rings (SSSR count). The molecule has 1 aliphatic rings. The standard InChI is InChI=1S/C16H21N3O4S/c1-3-19(10-16(20)21)13-7-12(8-13)18-24(22,23)15-6-4-5-11(2)14(15)9-17/h4-6,12-13,18H,3,7-8,10H2,1-2H3,(H,20,21). The second kappa shape index (κ2) is 7.30. The molecular weight excluding hydrogens is 330 g/mol. The number of carboxylic acid groups (broad SMARTS) is 1. The first kappa shape index (κ1) is 18.4. The molecule has 130 valence electrons. The Morgan fingerprint density at radius 1 is 1.46 bits per heavy atom. The first-order valence-corrected chi connectivity index (χ1v) is 9.24. The zero-order chi connectivity index (χ0) is 17.9. The number of hydrogen-bond acceptors (Lipinski definition) is 5. The van der Waals surface area contributed by atoms with Crippen LogP contribution < -0.4 is 4.72 Å². The maximum Gasteiger partial charge on any atom is 0.317 e. The lowest BCUT2D eigenvalue weighted by Crippen LogP contribution is -2.54. The van der Waals surface area contributed by atoms with Gasteiger partial charge >= 0.3 is 5.97 Å². The van der Waals surface area contributed by atoms with Crippen LogP contribution in [0, 0.1) is 18.3 Å². The van der Waals surface area contributed by atoms with E-state index in [9.17, 15) is 18.5 Å². The number of aliphatic carboxylic acids is 1. The number of likely N-dealkylation sites (N-methyl/N-ethyl adjacent to an activating group) is 1. The SMILES string of the molecule is CCN(CC(=O)O)C1CC(NS(=O)(=O)c2cccc(C)c2C#N)C1. The summed E-state index contributed by atoms with van der Waals surface area (Å²) in [6.07, 6.45) is 1.13. The third-order valence-electron chi connectivity index (χ3n) is 4.33. The van der Waals surface area contributed by atoms with Gasteiger partial charge in [-0.25, -0.2) is 13.1 Å². The average Bonchev–Trinajstić information content (AvgIpc) is 2.48. The highest BCUT2D eigenvalue weighted by Gasteiger charge is 2.36. The van der Waals surface area contributed by atoms with Gasteiger partial charge in [0.1, 0.15) is 11.0 Å². The molecule has 1 aromatic rings. The van der Waals surface area contributed by atoms with E-state index in [4.69, 9.17) is 5.11 Å². The molecule has 0 aromatic heterocycles. The molecule has 0 bridgehead atoms. The molecule has 0 unspecified atom stereocenters. The van der Waals surface area contributed by atoms with Crippen molar-refractivity contribution in [1.82, 2.24) is 9.62 Å². The zero-order valence-corrected chi connectivity index (χ0v) is 14.5. The molecule has 7 nitrogen and oxygen atoms in total. The van der Waals surface area contributed by atoms with Crippen molar-refractivity contribution in [2.75, 3.05) is 13.1 Å². The molecule has 0 heterocycles. The van der Waals surface area contributed by atoms with Crippen LogP contribution in [0.5, 0.6) is 0 Å². The lowest BCUT2D eigenvalue weighted by atomic mass is 9.86. The molecule has 0 amide bonds.